The number of hydrogen-bond acceptors (Lipinski definition) is 3. The number of hydrogen-bond donors (Lipinski definition) is 1. The number of nitrogens with zero attached hydrogens (tertiary/aromatic N) is 2. The molecule has 0 radical (unpaired) electrons. The van der Waals surface area contributed by atoms with Gasteiger partial charge in [0.15, 0.2) is 0 Å². The van der Waals surface area contributed by atoms with Crippen molar-refractivity contribution in [2.24, 2.45) is 9.98 Å². The van der Waals surface area contributed by atoms with Crippen molar-refractivity contribution in [2.75, 3.05) is 12.8 Å². The number of amides is 2. The molecule has 2 rings (SSSR count). The minimum absolute atomic E-state index is 0.460. The number of nitrogen functional groups attached to an aromatic ring is 1. The largest absolute Gasteiger partial charge is 0.494 e. The first kappa shape index (κ1) is 7.72. The maximum absolute atomic E-state index is 10.8. The second kappa shape index (κ2) is 2.55. The van der Waals surface area contributed by atoms with Crippen LogP contribution in [0.5, 0.6) is 5.75 Å². The number of fused-ring (bicyclic) bond motifs is 1. The average molecular weight is 177 g/mol. The lowest BCUT2D eigenvalue weighted by atomic mass is 10.3. The van der Waals surface area contributed by atoms with E-state index in [2.05, 4.69) is 9.98 Å². The minimum atomic E-state index is -0.515. The summed E-state index contributed by atoms with van der Waals surface area (Å²) in [7, 11) is 1.49. The first-order valence-corrected chi connectivity index (χ1v) is 3.65. The van der Waals surface area contributed by atoms with E-state index < -0.39 is 6.03 Å². The van der Waals surface area contributed by atoms with Crippen molar-refractivity contribution < 1.29 is 9.53 Å². The van der Waals surface area contributed by atoms with Crippen molar-refractivity contribution in [3.05, 3.63) is 22.8 Å². The van der Waals surface area contributed by atoms with Crippen molar-refractivity contribution in [3.63, 3.8) is 0 Å². The average Bonchev–Trinajstić information content (AvgIpc) is 2.43. The third-order valence-corrected chi connectivity index (χ3v) is 1.72. The van der Waals surface area contributed by atoms with E-state index in [1.54, 1.807) is 12.1 Å². The van der Waals surface area contributed by atoms with Crippen LogP contribution in [-0.2, 0) is 0 Å². The fourth-order valence-electron chi connectivity index (χ4n) is 1.19. The van der Waals surface area contributed by atoms with Crippen LogP contribution in [0.25, 0.3) is 0 Å². The Morgan fingerprint density at radius 2 is 2.15 bits per heavy atom. The number of carbonyl (C=O) groups is 1. The van der Waals surface area contributed by atoms with Gasteiger partial charge < -0.3 is 10.5 Å². The number of nitrogens with two attached hydrogens (primary N) is 1. The normalized spacial score (nSPS) is 13.2. The SMILES string of the molecule is COc1cc(N)cc2c1=NC(=O)N=2. The van der Waals surface area contributed by atoms with Gasteiger partial charge in [0.25, 0.3) is 0 Å². The molecule has 0 bridgehead atoms. The Bertz CT molecular complexity index is 493. The van der Waals surface area contributed by atoms with Gasteiger partial charge >= 0.3 is 6.03 Å². The molecule has 0 fully saturated rings. The molecule has 0 saturated carbocycles. The Balaban J connectivity index is 2.86. The molecule has 2 N–H and O–H groups in total. The molecule has 1 aromatic carbocycles. The summed E-state index contributed by atoms with van der Waals surface area (Å²) in [6, 6.07) is 2.68. The molecule has 0 saturated heterocycles. The number of rotatable bonds is 1. The summed E-state index contributed by atoms with van der Waals surface area (Å²) in [6.45, 7) is 0. The lowest BCUT2D eigenvalue weighted by molar-refractivity contribution is 0.256. The Morgan fingerprint density at radius 3 is 2.85 bits per heavy atom. The second-order valence-corrected chi connectivity index (χ2v) is 2.60. The van der Waals surface area contributed by atoms with Crippen LogP contribution in [0.3, 0.4) is 0 Å². The molecule has 5 heteroatoms. The molecule has 0 atom stereocenters. The maximum Gasteiger partial charge on any atom is 0.368 e. The van der Waals surface area contributed by atoms with Crippen LogP contribution in [-0.4, -0.2) is 13.1 Å². The van der Waals surface area contributed by atoms with Gasteiger partial charge in [-0.3, -0.25) is 0 Å². The van der Waals surface area contributed by atoms with Crippen molar-refractivity contribution in [3.8, 4) is 5.75 Å². The van der Waals surface area contributed by atoms with E-state index in [-0.39, 0.29) is 0 Å². The molecule has 0 aromatic heterocycles. The number of ether oxygens (including phenoxy) is 1. The van der Waals surface area contributed by atoms with E-state index in [1.807, 2.05) is 0 Å². The smallest absolute Gasteiger partial charge is 0.368 e. The van der Waals surface area contributed by atoms with E-state index in [0.717, 1.165) is 0 Å². The van der Waals surface area contributed by atoms with Gasteiger partial charge in [-0.2, -0.15) is 9.98 Å². The highest BCUT2D eigenvalue weighted by molar-refractivity contribution is 5.78. The molecule has 0 spiro atoms. The fourth-order valence-corrected chi connectivity index (χ4v) is 1.19. The zero-order valence-electron chi connectivity index (χ0n) is 6.94. The van der Waals surface area contributed by atoms with Gasteiger partial charge in [0.1, 0.15) is 16.5 Å². The second-order valence-electron chi connectivity index (χ2n) is 2.60. The minimum Gasteiger partial charge on any atom is -0.494 e. The maximum atomic E-state index is 10.8. The molecule has 1 heterocycles. The van der Waals surface area contributed by atoms with Crippen LogP contribution >= 0.6 is 0 Å². The highest BCUT2D eigenvalue weighted by Crippen LogP contribution is 2.07. The van der Waals surface area contributed by atoms with Gasteiger partial charge in [-0.15, -0.1) is 0 Å². The molecule has 2 amide bonds. The van der Waals surface area contributed by atoms with E-state index >= 15 is 0 Å². The summed E-state index contributed by atoms with van der Waals surface area (Å²) in [5, 5.41) is 0.934. The molecule has 1 aliphatic rings. The molecular weight excluding hydrogens is 170 g/mol. The zero-order valence-corrected chi connectivity index (χ0v) is 6.94. The predicted octanol–water partition coefficient (Wildman–Crippen LogP) is -0.350. The Morgan fingerprint density at radius 1 is 1.38 bits per heavy atom. The van der Waals surface area contributed by atoms with Gasteiger partial charge in [-0.25, -0.2) is 4.79 Å². The van der Waals surface area contributed by atoms with Crippen molar-refractivity contribution in [2.45, 2.75) is 0 Å². The number of methoxy groups -OCH3 is 1. The third-order valence-electron chi connectivity index (χ3n) is 1.72. The Labute approximate surface area is 73.6 Å². The summed E-state index contributed by atoms with van der Waals surface area (Å²) in [4.78, 5) is 18.2. The van der Waals surface area contributed by atoms with Crippen molar-refractivity contribution in [1.82, 2.24) is 0 Å². The third kappa shape index (κ3) is 1.14. The van der Waals surface area contributed by atoms with E-state index in [1.165, 1.54) is 7.11 Å². The molecule has 1 aliphatic heterocycles. The predicted molar refractivity (Wildman–Crippen MR) is 45.1 cm³/mol. The van der Waals surface area contributed by atoms with Crippen LogP contribution in [0.1, 0.15) is 0 Å². The van der Waals surface area contributed by atoms with Crippen LogP contribution in [0.4, 0.5) is 10.5 Å². The van der Waals surface area contributed by atoms with Gasteiger partial charge in [0, 0.05) is 11.8 Å². The summed E-state index contributed by atoms with van der Waals surface area (Å²) in [5.41, 5.74) is 6.06. The Kier molecular flexibility index (Phi) is 1.51. The molecule has 5 nitrogen and oxygen atoms in total. The lowest BCUT2D eigenvalue weighted by Gasteiger charge is -1.98. The van der Waals surface area contributed by atoms with Crippen LogP contribution in [0, 0.1) is 0 Å². The molecule has 0 aliphatic carbocycles. The van der Waals surface area contributed by atoms with Crippen LogP contribution < -0.4 is 21.2 Å². The molecule has 13 heavy (non-hydrogen) atoms. The number of anilines is 1. The lowest BCUT2D eigenvalue weighted by Crippen LogP contribution is -2.24. The van der Waals surface area contributed by atoms with E-state index in [4.69, 9.17) is 10.5 Å². The molecular formula is C8H7N3O2. The summed E-state index contributed by atoms with van der Waals surface area (Å²) < 4.78 is 5.00. The monoisotopic (exact) mass is 177 g/mol. The zero-order chi connectivity index (χ0) is 9.42. The number of carbonyl (C=O) groups excluding carboxylic acids is 1. The molecule has 0 unspecified atom stereocenters. The first-order valence-electron chi connectivity index (χ1n) is 3.65. The Hall–Kier alpha value is -1.91. The van der Waals surface area contributed by atoms with E-state index in [9.17, 15) is 4.79 Å². The summed E-state index contributed by atoms with van der Waals surface area (Å²) in [5.74, 6) is 0.476. The standard InChI is InChI=1S/C8H7N3O2/c1-13-6-3-4(9)2-5-7(6)11-8(12)10-5/h2-3H,9H2,1H3. The first-order chi connectivity index (χ1) is 6.20. The highest BCUT2D eigenvalue weighted by Gasteiger charge is 2.09. The van der Waals surface area contributed by atoms with Crippen LogP contribution in [0.15, 0.2) is 22.1 Å². The summed E-state index contributed by atoms with van der Waals surface area (Å²) in [6.07, 6.45) is 0. The summed E-state index contributed by atoms with van der Waals surface area (Å²) >= 11 is 0. The fraction of sp³-hybridized carbons (Fsp3) is 0.125. The van der Waals surface area contributed by atoms with Crippen molar-refractivity contribution in [1.29, 1.82) is 0 Å². The van der Waals surface area contributed by atoms with Crippen LogP contribution in [0.2, 0.25) is 0 Å². The van der Waals surface area contributed by atoms with Gasteiger partial charge in [-0.05, 0) is 6.07 Å². The van der Waals surface area contributed by atoms with Crippen molar-refractivity contribution >= 4 is 11.7 Å². The van der Waals surface area contributed by atoms with Gasteiger partial charge in [0.05, 0.1) is 7.11 Å². The number of urea groups is 1. The molecule has 1 aromatic rings. The van der Waals surface area contributed by atoms with E-state index in [0.29, 0.717) is 22.2 Å². The highest BCUT2D eigenvalue weighted by atomic mass is 16.5. The van der Waals surface area contributed by atoms with Gasteiger partial charge in [-0.1, -0.05) is 0 Å². The quantitative estimate of drug-likeness (QED) is 0.595. The van der Waals surface area contributed by atoms with Gasteiger partial charge in [0.2, 0.25) is 0 Å². The topological polar surface area (TPSA) is 77.0 Å². The molecule has 66 valence electrons. The number of benzene rings is 1.